The summed E-state index contributed by atoms with van der Waals surface area (Å²) in [4.78, 5) is 5.74. The van der Waals surface area contributed by atoms with Crippen molar-refractivity contribution in [2.45, 2.75) is 13.3 Å². The average Bonchev–Trinajstić information content (AvgIpc) is 2.74. The number of rotatable bonds is 4. The van der Waals surface area contributed by atoms with Gasteiger partial charge in [-0.25, -0.2) is 4.98 Å². The molecule has 0 radical (unpaired) electrons. The Kier molecular flexibility index (Phi) is 3.70. The summed E-state index contributed by atoms with van der Waals surface area (Å²) in [6.45, 7) is 3.10. The van der Waals surface area contributed by atoms with Gasteiger partial charge in [0.1, 0.15) is 0 Å². The van der Waals surface area contributed by atoms with Crippen LogP contribution in [0.15, 0.2) is 29.8 Å². The van der Waals surface area contributed by atoms with Gasteiger partial charge in [-0.1, -0.05) is 29.8 Å². The lowest BCUT2D eigenvalue weighted by molar-refractivity contribution is 0.781. The fraction of sp³-hybridized carbons (Fsp3) is 0.308. The van der Waals surface area contributed by atoms with E-state index in [0.29, 0.717) is 0 Å². The maximum Gasteiger partial charge on any atom is 0.0801 e. The molecule has 0 aliphatic rings. The minimum absolute atomic E-state index is 0.975. The molecule has 0 fully saturated rings. The largest absolute Gasteiger partial charge is 0.319 e. The van der Waals surface area contributed by atoms with E-state index in [-0.39, 0.29) is 0 Å². The third-order valence-corrected chi connectivity index (χ3v) is 3.45. The Balaban J connectivity index is 2.29. The van der Waals surface area contributed by atoms with E-state index in [1.807, 2.05) is 12.6 Å². The molecule has 0 saturated heterocycles. The van der Waals surface area contributed by atoms with Crippen LogP contribution in [0, 0.1) is 6.92 Å². The standard InChI is InChI=1S/C13H16N2S/c1-10-4-3-5-11(8-10)13-12(6-7-14-2)15-9-16-13/h3-5,8-9,14H,6-7H2,1-2H3. The van der Waals surface area contributed by atoms with Gasteiger partial charge in [0, 0.05) is 13.0 Å². The number of hydrogen-bond donors (Lipinski definition) is 1. The molecule has 84 valence electrons. The molecule has 0 atom stereocenters. The van der Waals surface area contributed by atoms with Crippen molar-refractivity contribution in [3.63, 3.8) is 0 Å². The highest BCUT2D eigenvalue weighted by molar-refractivity contribution is 7.13. The predicted molar refractivity (Wildman–Crippen MR) is 69.9 cm³/mol. The van der Waals surface area contributed by atoms with Gasteiger partial charge in [-0.05, 0) is 19.5 Å². The first-order chi connectivity index (χ1) is 7.81. The molecule has 0 bridgehead atoms. The summed E-state index contributed by atoms with van der Waals surface area (Å²) in [5.41, 5.74) is 5.71. The van der Waals surface area contributed by atoms with Crippen LogP contribution in [0.3, 0.4) is 0 Å². The average molecular weight is 232 g/mol. The van der Waals surface area contributed by atoms with Crippen molar-refractivity contribution in [1.29, 1.82) is 0 Å². The number of hydrogen-bond acceptors (Lipinski definition) is 3. The maximum absolute atomic E-state index is 4.44. The lowest BCUT2D eigenvalue weighted by Gasteiger charge is -2.03. The predicted octanol–water partition coefficient (Wildman–Crippen LogP) is 2.88. The van der Waals surface area contributed by atoms with Crippen LogP contribution in [-0.2, 0) is 6.42 Å². The quantitative estimate of drug-likeness (QED) is 0.876. The zero-order chi connectivity index (χ0) is 11.4. The van der Waals surface area contributed by atoms with Gasteiger partial charge in [0.2, 0.25) is 0 Å². The smallest absolute Gasteiger partial charge is 0.0801 e. The van der Waals surface area contributed by atoms with E-state index in [4.69, 9.17) is 0 Å². The molecule has 16 heavy (non-hydrogen) atoms. The fourth-order valence-electron chi connectivity index (χ4n) is 1.71. The third kappa shape index (κ3) is 2.49. The Morgan fingerprint density at radius 3 is 3.00 bits per heavy atom. The second kappa shape index (κ2) is 5.23. The van der Waals surface area contributed by atoms with E-state index < -0.39 is 0 Å². The number of thiazole rings is 1. The van der Waals surface area contributed by atoms with Crippen molar-refractivity contribution in [2.24, 2.45) is 0 Å². The van der Waals surface area contributed by atoms with Crippen LogP contribution < -0.4 is 5.32 Å². The summed E-state index contributed by atoms with van der Waals surface area (Å²) in [5, 5.41) is 3.16. The normalized spacial score (nSPS) is 10.6. The van der Waals surface area contributed by atoms with E-state index in [9.17, 15) is 0 Å². The molecule has 0 saturated carbocycles. The molecule has 1 aromatic heterocycles. The van der Waals surface area contributed by atoms with E-state index in [0.717, 1.165) is 13.0 Å². The van der Waals surface area contributed by atoms with Crippen molar-refractivity contribution in [1.82, 2.24) is 10.3 Å². The number of aryl methyl sites for hydroxylation is 1. The van der Waals surface area contributed by atoms with Crippen molar-refractivity contribution in [3.8, 4) is 10.4 Å². The van der Waals surface area contributed by atoms with Gasteiger partial charge >= 0.3 is 0 Å². The van der Waals surface area contributed by atoms with Gasteiger partial charge in [-0.15, -0.1) is 11.3 Å². The number of aromatic nitrogens is 1. The van der Waals surface area contributed by atoms with Crippen LogP contribution in [-0.4, -0.2) is 18.6 Å². The van der Waals surface area contributed by atoms with Crippen molar-refractivity contribution in [2.75, 3.05) is 13.6 Å². The zero-order valence-corrected chi connectivity index (χ0v) is 10.5. The van der Waals surface area contributed by atoms with Gasteiger partial charge < -0.3 is 5.32 Å². The molecular weight excluding hydrogens is 216 g/mol. The van der Waals surface area contributed by atoms with Gasteiger partial charge in [0.15, 0.2) is 0 Å². The zero-order valence-electron chi connectivity index (χ0n) is 9.66. The minimum Gasteiger partial charge on any atom is -0.319 e. The first-order valence-electron chi connectivity index (χ1n) is 5.45. The molecule has 2 rings (SSSR count). The molecule has 1 aromatic carbocycles. The fourth-order valence-corrected chi connectivity index (χ4v) is 2.55. The minimum atomic E-state index is 0.975. The van der Waals surface area contributed by atoms with E-state index >= 15 is 0 Å². The molecule has 1 N–H and O–H groups in total. The van der Waals surface area contributed by atoms with Crippen molar-refractivity contribution < 1.29 is 0 Å². The topological polar surface area (TPSA) is 24.9 Å². The maximum atomic E-state index is 4.44. The lowest BCUT2D eigenvalue weighted by Crippen LogP contribution is -2.10. The Morgan fingerprint density at radius 1 is 1.38 bits per heavy atom. The van der Waals surface area contributed by atoms with E-state index in [2.05, 4.69) is 41.5 Å². The molecule has 0 unspecified atom stereocenters. The summed E-state index contributed by atoms with van der Waals surface area (Å²) in [5.74, 6) is 0. The summed E-state index contributed by atoms with van der Waals surface area (Å²) < 4.78 is 0. The first-order valence-corrected chi connectivity index (χ1v) is 6.33. The van der Waals surface area contributed by atoms with Gasteiger partial charge in [0.25, 0.3) is 0 Å². The van der Waals surface area contributed by atoms with Crippen LogP contribution in [0.1, 0.15) is 11.3 Å². The van der Waals surface area contributed by atoms with Gasteiger partial charge in [0.05, 0.1) is 16.1 Å². The van der Waals surface area contributed by atoms with E-state index in [1.165, 1.54) is 21.7 Å². The summed E-state index contributed by atoms with van der Waals surface area (Å²) in [6, 6.07) is 8.60. The molecule has 0 spiro atoms. The van der Waals surface area contributed by atoms with Crippen LogP contribution in [0.25, 0.3) is 10.4 Å². The molecule has 3 heteroatoms. The Morgan fingerprint density at radius 2 is 2.25 bits per heavy atom. The first kappa shape index (κ1) is 11.3. The second-order valence-electron chi connectivity index (χ2n) is 3.85. The molecular formula is C13H16N2S. The number of benzene rings is 1. The number of nitrogens with zero attached hydrogens (tertiary/aromatic N) is 1. The Bertz CT molecular complexity index is 462. The van der Waals surface area contributed by atoms with Crippen LogP contribution in [0.2, 0.25) is 0 Å². The van der Waals surface area contributed by atoms with Gasteiger partial charge in [-0.2, -0.15) is 0 Å². The van der Waals surface area contributed by atoms with Crippen LogP contribution in [0.4, 0.5) is 0 Å². The van der Waals surface area contributed by atoms with Gasteiger partial charge in [-0.3, -0.25) is 0 Å². The molecule has 2 nitrogen and oxygen atoms in total. The number of likely N-dealkylation sites (N-methyl/N-ethyl adjacent to an activating group) is 1. The highest BCUT2D eigenvalue weighted by atomic mass is 32.1. The SMILES string of the molecule is CNCCc1ncsc1-c1cccc(C)c1. The van der Waals surface area contributed by atoms with Crippen molar-refractivity contribution >= 4 is 11.3 Å². The molecule has 0 aliphatic heterocycles. The number of nitrogens with one attached hydrogen (secondary N) is 1. The Labute approximate surface area is 100 Å². The monoisotopic (exact) mass is 232 g/mol. The Hall–Kier alpha value is -1.19. The highest BCUT2D eigenvalue weighted by Gasteiger charge is 2.07. The molecule has 0 aliphatic carbocycles. The molecule has 1 heterocycles. The second-order valence-corrected chi connectivity index (χ2v) is 4.71. The summed E-state index contributed by atoms with van der Waals surface area (Å²) >= 11 is 1.72. The third-order valence-electron chi connectivity index (χ3n) is 2.53. The van der Waals surface area contributed by atoms with Crippen LogP contribution in [0.5, 0.6) is 0 Å². The van der Waals surface area contributed by atoms with Crippen LogP contribution >= 0.6 is 11.3 Å². The summed E-state index contributed by atoms with van der Waals surface area (Å²) in [6.07, 6.45) is 0.989. The van der Waals surface area contributed by atoms with E-state index in [1.54, 1.807) is 11.3 Å². The molecule has 0 amide bonds. The highest BCUT2D eigenvalue weighted by Crippen LogP contribution is 2.28. The summed E-state index contributed by atoms with van der Waals surface area (Å²) in [7, 11) is 1.97. The lowest BCUT2D eigenvalue weighted by atomic mass is 10.1. The molecule has 2 aromatic rings. The van der Waals surface area contributed by atoms with Crippen molar-refractivity contribution in [3.05, 3.63) is 41.0 Å².